The largest absolute Gasteiger partial charge is 0.484 e. The van der Waals surface area contributed by atoms with Gasteiger partial charge in [0.15, 0.2) is 6.61 Å². The van der Waals surface area contributed by atoms with Crippen molar-refractivity contribution in [3.8, 4) is 5.75 Å². The molecule has 0 spiro atoms. The van der Waals surface area contributed by atoms with Gasteiger partial charge in [-0.05, 0) is 89.0 Å². The molecule has 0 aromatic heterocycles. The first kappa shape index (κ1) is 25.3. The molecule has 1 aliphatic heterocycles. The molecule has 0 unspecified atom stereocenters. The highest BCUT2D eigenvalue weighted by molar-refractivity contribution is 8.18. The number of imide groups is 1. The summed E-state index contributed by atoms with van der Waals surface area (Å²) >= 11 is 0.937. The Labute approximate surface area is 225 Å². The number of fused-ring (bicyclic) bond motifs is 1. The van der Waals surface area contributed by atoms with Crippen molar-refractivity contribution in [1.82, 2.24) is 4.90 Å². The van der Waals surface area contributed by atoms with Crippen LogP contribution in [0.25, 0.3) is 16.8 Å². The van der Waals surface area contributed by atoms with Crippen molar-refractivity contribution in [1.29, 1.82) is 0 Å². The zero-order chi connectivity index (χ0) is 26.6. The number of carbonyl (C=O) groups is 3. The third kappa shape index (κ3) is 5.63. The number of aryl methyl sites for hydroxylation is 2. The van der Waals surface area contributed by atoms with E-state index < -0.39 is 0 Å². The van der Waals surface area contributed by atoms with E-state index in [-0.39, 0.29) is 30.2 Å². The first-order valence-electron chi connectivity index (χ1n) is 12.2. The number of carbonyl (C=O) groups excluding carboxylic acids is 3. The molecule has 0 radical (unpaired) electrons. The average molecular weight is 523 g/mol. The summed E-state index contributed by atoms with van der Waals surface area (Å²) in [6.45, 7) is 4.11. The second-order valence-corrected chi connectivity index (χ2v) is 10.1. The second-order valence-electron chi connectivity index (χ2n) is 9.11. The highest BCUT2D eigenvalue weighted by atomic mass is 32.2. The topological polar surface area (TPSA) is 75.7 Å². The van der Waals surface area contributed by atoms with Gasteiger partial charge in [-0.3, -0.25) is 19.3 Å². The van der Waals surface area contributed by atoms with Gasteiger partial charge in [-0.1, -0.05) is 60.7 Å². The van der Waals surface area contributed by atoms with Crippen LogP contribution in [-0.4, -0.2) is 28.6 Å². The Morgan fingerprint density at radius 2 is 1.68 bits per heavy atom. The van der Waals surface area contributed by atoms with E-state index in [9.17, 15) is 14.4 Å². The average Bonchev–Trinajstić information content (AvgIpc) is 3.18. The van der Waals surface area contributed by atoms with Crippen molar-refractivity contribution in [2.24, 2.45) is 0 Å². The number of rotatable bonds is 7. The lowest BCUT2D eigenvalue weighted by atomic mass is 10.0. The maximum atomic E-state index is 13.0. The van der Waals surface area contributed by atoms with Gasteiger partial charge in [0.1, 0.15) is 5.75 Å². The fourth-order valence-corrected chi connectivity index (χ4v) is 5.05. The van der Waals surface area contributed by atoms with Crippen LogP contribution >= 0.6 is 11.8 Å². The zero-order valence-electron chi connectivity index (χ0n) is 21.1. The fraction of sp³-hybridized carbons (Fsp3) is 0.129. The molecule has 1 aliphatic rings. The van der Waals surface area contributed by atoms with Gasteiger partial charge >= 0.3 is 0 Å². The SMILES string of the molecule is Cc1ccc(NC(=O)COc2ccc(/C=C3\SC(=O)N(Cc4cccc5ccccc45)C3=O)cc2)cc1C. The number of ether oxygens (including phenoxy) is 1. The van der Waals surface area contributed by atoms with Gasteiger partial charge in [-0.15, -0.1) is 0 Å². The minimum absolute atomic E-state index is 0.126. The molecule has 1 heterocycles. The molecular weight excluding hydrogens is 496 g/mol. The number of hydrogen-bond donors (Lipinski definition) is 1. The molecule has 0 saturated carbocycles. The summed E-state index contributed by atoms with van der Waals surface area (Å²) in [5.41, 5.74) is 4.67. The number of thioether (sulfide) groups is 1. The van der Waals surface area contributed by atoms with Crippen LogP contribution in [0.5, 0.6) is 5.75 Å². The van der Waals surface area contributed by atoms with Crippen LogP contribution in [0.1, 0.15) is 22.3 Å². The Morgan fingerprint density at radius 3 is 2.47 bits per heavy atom. The summed E-state index contributed by atoms with van der Waals surface area (Å²) in [6, 6.07) is 26.6. The summed E-state index contributed by atoms with van der Waals surface area (Å²) in [5.74, 6) is -0.0325. The first-order valence-corrected chi connectivity index (χ1v) is 13.0. The quantitative estimate of drug-likeness (QED) is 0.273. The standard InChI is InChI=1S/C31H26N2O4S/c1-20-10-13-25(16-21(20)2)32-29(34)19-37-26-14-11-22(12-15-26)17-28-30(35)33(31(36)38-28)18-24-8-5-7-23-6-3-4-9-27(23)24/h3-17H,18-19H2,1-2H3,(H,32,34)/b28-17-. The van der Waals surface area contributed by atoms with E-state index in [4.69, 9.17) is 4.74 Å². The van der Waals surface area contributed by atoms with Crippen LogP contribution in [-0.2, 0) is 16.1 Å². The van der Waals surface area contributed by atoms with Crippen LogP contribution in [0.4, 0.5) is 10.5 Å². The summed E-state index contributed by atoms with van der Waals surface area (Å²) in [5, 5.41) is 4.63. The van der Waals surface area contributed by atoms with Crippen molar-refractivity contribution in [2.75, 3.05) is 11.9 Å². The first-order chi connectivity index (χ1) is 18.4. The molecule has 6 nitrogen and oxygen atoms in total. The molecule has 4 aromatic rings. The lowest BCUT2D eigenvalue weighted by Crippen LogP contribution is -2.27. The van der Waals surface area contributed by atoms with Crippen molar-refractivity contribution in [3.05, 3.63) is 112 Å². The van der Waals surface area contributed by atoms with Gasteiger partial charge in [0.25, 0.3) is 17.1 Å². The Balaban J connectivity index is 1.20. The molecule has 1 saturated heterocycles. The number of amides is 3. The van der Waals surface area contributed by atoms with E-state index >= 15 is 0 Å². The van der Waals surface area contributed by atoms with Crippen molar-refractivity contribution < 1.29 is 19.1 Å². The van der Waals surface area contributed by atoms with E-state index in [0.717, 1.165) is 50.5 Å². The van der Waals surface area contributed by atoms with E-state index in [1.54, 1.807) is 30.3 Å². The number of nitrogens with one attached hydrogen (secondary N) is 1. The Bertz CT molecular complexity index is 1570. The normalized spacial score (nSPS) is 14.4. The maximum Gasteiger partial charge on any atom is 0.293 e. The molecule has 1 fully saturated rings. The van der Waals surface area contributed by atoms with Gasteiger partial charge in [0.05, 0.1) is 11.4 Å². The third-order valence-electron chi connectivity index (χ3n) is 6.42. The van der Waals surface area contributed by atoms with Gasteiger partial charge in [-0.2, -0.15) is 0 Å². The highest BCUT2D eigenvalue weighted by Crippen LogP contribution is 2.34. The van der Waals surface area contributed by atoms with E-state index in [0.29, 0.717) is 10.7 Å². The van der Waals surface area contributed by atoms with Gasteiger partial charge in [0.2, 0.25) is 0 Å². The third-order valence-corrected chi connectivity index (χ3v) is 7.33. The van der Waals surface area contributed by atoms with Gasteiger partial charge < -0.3 is 10.1 Å². The molecule has 7 heteroatoms. The maximum absolute atomic E-state index is 13.0. The Hall–Kier alpha value is -4.36. The van der Waals surface area contributed by atoms with E-state index in [1.807, 2.05) is 74.5 Å². The summed E-state index contributed by atoms with van der Waals surface area (Å²) in [4.78, 5) is 39.6. The highest BCUT2D eigenvalue weighted by Gasteiger charge is 2.35. The van der Waals surface area contributed by atoms with Crippen LogP contribution in [0.2, 0.25) is 0 Å². The van der Waals surface area contributed by atoms with Crippen molar-refractivity contribution in [2.45, 2.75) is 20.4 Å². The van der Waals surface area contributed by atoms with Crippen LogP contribution in [0.3, 0.4) is 0 Å². The number of anilines is 1. The van der Waals surface area contributed by atoms with Crippen LogP contribution in [0, 0.1) is 13.8 Å². The second kappa shape index (κ2) is 10.9. The van der Waals surface area contributed by atoms with E-state index in [2.05, 4.69) is 5.32 Å². The Kier molecular flexibility index (Phi) is 7.29. The lowest BCUT2D eigenvalue weighted by molar-refractivity contribution is -0.123. The molecule has 190 valence electrons. The number of benzene rings is 4. The fourth-order valence-electron chi connectivity index (χ4n) is 4.21. The molecule has 3 amide bonds. The van der Waals surface area contributed by atoms with Crippen molar-refractivity contribution >= 4 is 51.4 Å². The minimum Gasteiger partial charge on any atom is -0.484 e. The van der Waals surface area contributed by atoms with E-state index in [1.165, 1.54) is 4.90 Å². The monoisotopic (exact) mass is 522 g/mol. The van der Waals surface area contributed by atoms with Gasteiger partial charge in [-0.25, -0.2) is 0 Å². The molecule has 4 aromatic carbocycles. The smallest absolute Gasteiger partial charge is 0.293 e. The Morgan fingerprint density at radius 1 is 0.921 bits per heavy atom. The van der Waals surface area contributed by atoms with Crippen LogP contribution < -0.4 is 10.1 Å². The lowest BCUT2D eigenvalue weighted by Gasteiger charge is -2.14. The molecule has 0 aliphatic carbocycles. The molecule has 38 heavy (non-hydrogen) atoms. The number of hydrogen-bond acceptors (Lipinski definition) is 5. The number of nitrogens with zero attached hydrogens (tertiary/aromatic N) is 1. The summed E-state index contributed by atoms with van der Waals surface area (Å²) in [7, 11) is 0. The van der Waals surface area contributed by atoms with Crippen LogP contribution in [0.15, 0.2) is 89.8 Å². The minimum atomic E-state index is -0.309. The van der Waals surface area contributed by atoms with Crippen molar-refractivity contribution in [3.63, 3.8) is 0 Å². The molecule has 0 bridgehead atoms. The summed E-state index contributed by atoms with van der Waals surface area (Å²) in [6.07, 6.45) is 1.70. The molecular formula is C31H26N2O4S. The molecule has 0 atom stereocenters. The molecule has 5 rings (SSSR count). The summed E-state index contributed by atoms with van der Waals surface area (Å²) < 4.78 is 5.61. The molecule has 1 N–H and O–H groups in total. The predicted octanol–water partition coefficient (Wildman–Crippen LogP) is 6.71. The van der Waals surface area contributed by atoms with Gasteiger partial charge in [0, 0.05) is 5.69 Å². The predicted molar refractivity (Wildman–Crippen MR) is 152 cm³/mol. The zero-order valence-corrected chi connectivity index (χ0v) is 21.9.